The fraction of sp³-hybridized carbons (Fsp3) is 0.800. The predicted octanol–water partition coefficient (Wildman–Crippen LogP) is 1.07. The molecule has 0 amide bonds. The highest BCUT2D eigenvalue weighted by Crippen LogP contribution is 1.96. The lowest BCUT2D eigenvalue weighted by Gasteiger charge is -2.19. The van der Waals surface area contributed by atoms with Crippen LogP contribution in [-0.2, 0) is 0 Å². The number of nitrogens with zero attached hydrogens (tertiary/aromatic N) is 1. The third-order valence-corrected chi connectivity index (χ3v) is 2.10. The van der Waals surface area contributed by atoms with Crippen LogP contribution in [-0.4, -0.2) is 30.6 Å². The first-order chi connectivity index (χ1) is 5.74. The summed E-state index contributed by atoms with van der Waals surface area (Å²) in [5.74, 6) is 2.65. The van der Waals surface area contributed by atoms with Crippen LogP contribution in [0.1, 0.15) is 26.7 Å². The molecule has 0 aliphatic carbocycles. The molecule has 0 aliphatic rings. The maximum absolute atomic E-state index is 5.79. The Hall–Kier alpha value is -0.520. The van der Waals surface area contributed by atoms with E-state index in [9.17, 15) is 0 Å². The molecule has 0 saturated carbocycles. The Balaban J connectivity index is 3.51. The van der Waals surface area contributed by atoms with Gasteiger partial charge in [0.1, 0.15) is 0 Å². The van der Waals surface area contributed by atoms with Gasteiger partial charge in [0.25, 0.3) is 0 Å². The van der Waals surface area contributed by atoms with Gasteiger partial charge in [-0.15, -0.1) is 6.42 Å². The molecule has 0 aliphatic heterocycles. The van der Waals surface area contributed by atoms with Crippen molar-refractivity contribution in [3.8, 4) is 12.3 Å². The van der Waals surface area contributed by atoms with Gasteiger partial charge in [0.05, 0.1) is 6.54 Å². The summed E-state index contributed by atoms with van der Waals surface area (Å²) in [7, 11) is 0. The summed E-state index contributed by atoms with van der Waals surface area (Å²) >= 11 is 0. The van der Waals surface area contributed by atoms with Crippen LogP contribution >= 0.6 is 0 Å². The average molecular weight is 168 g/mol. The number of nitrogens with two attached hydrogens (primary N) is 1. The lowest BCUT2D eigenvalue weighted by Crippen LogP contribution is -2.30. The van der Waals surface area contributed by atoms with Crippen molar-refractivity contribution in [3.63, 3.8) is 0 Å². The van der Waals surface area contributed by atoms with Crippen LogP contribution in [0.2, 0.25) is 0 Å². The largest absolute Gasteiger partial charge is 0.328 e. The second kappa shape index (κ2) is 7.15. The summed E-state index contributed by atoms with van der Waals surface area (Å²) < 4.78 is 0. The first kappa shape index (κ1) is 11.5. The van der Waals surface area contributed by atoms with E-state index in [1.54, 1.807) is 0 Å². The quantitative estimate of drug-likeness (QED) is 0.601. The monoisotopic (exact) mass is 168 g/mol. The molecular formula is C10H20N2. The molecule has 0 bridgehead atoms. The van der Waals surface area contributed by atoms with Crippen molar-refractivity contribution in [1.29, 1.82) is 0 Å². The zero-order valence-electron chi connectivity index (χ0n) is 8.21. The second-order valence-corrected chi connectivity index (χ2v) is 3.03. The van der Waals surface area contributed by atoms with E-state index < -0.39 is 0 Å². The molecule has 1 atom stereocenters. The Labute approximate surface area is 76.1 Å². The molecule has 2 N–H and O–H groups in total. The van der Waals surface area contributed by atoms with Gasteiger partial charge in [-0.2, -0.15) is 0 Å². The average Bonchev–Trinajstić information content (AvgIpc) is 2.11. The summed E-state index contributed by atoms with van der Waals surface area (Å²) in [6.45, 7) is 7.01. The second-order valence-electron chi connectivity index (χ2n) is 3.03. The van der Waals surface area contributed by atoms with Crippen molar-refractivity contribution in [2.75, 3.05) is 19.6 Å². The molecule has 0 aromatic heterocycles. The molecule has 70 valence electrons. The lowest BCUT2D eigenvalue weighted by molar-refractivity contribution is 0.307. The van der Waals surface area contributed by atoms with E-state index in [1.165, 1.54) is 0 Å². The van der Waals surface area contributed by atoms with Gasteiger partial charge in [-0.25, -0.2) is 0 Å². The van der Waals surface area contributed by atoms with Crippen LogP contribution < -0.4 is 5.73 Å². The molecule has 0 spiro atoms. The van der Waals surface area contributed by atoms with Crippen molar-refractivity contribution in [2.45, 2.75) is 32.7 Å². The zero-order valence-corrected chi connectivity index (χ0v) is 8.21. The van der Waals surface area contributed by atoms with Gasteiger partial charge >= 0.3 is 0 Å². The van der Waals surface area contributed by atoms with Gasteiger partial charge < -0.3 is 5.73 Å². The number of rotatable bonds is 6. The topological polar surface area (TPSA) is 29.3 Å². The minimum Gasteiger partial charge on any atom is -0.328 e. The van der Waals surface area contributed by atoms with Gasteiger partial charge in [-0.1, -0.05) is 19.8 Å². The maximum Gasteiger partial charge on any atom is 0.0598 e. The Morgan fingerprint density at radius 3 is 2.58 bits per heavy atom. The van der Waals surface area contributed by atoms with Gasteiger partial charge in [0, 0.05) is 12.6 Å². The number of terminal acetylenes is 1. The molecule has 0 saturated heterocycles. The molecular weight excluding hydrogens is 148 g/mol. The fourth-order valence-electron chi connectivity index (χ4n) is 1.03. The molecule has 0 aromatic rings. The minimum absolute atomic E-state index is 0.330. The summed E-state index contributed by atoms with van der Waals surface area (Å²) in [6, 6.07) is 0.330. The Morgan fingerprint density at radius 1 is 1.50 bits per heavy atom. The molecule has 0 radical (unpaired) electrons. The van der Waals surface area contributed by atoms with E-state index >= 15 is 0 Å². The predicted molar refractivity (Wildman–Crippen MR) is 53.8 cm³/mol. The number of hydrogen-bond donors (Lipinski definition) is 1. The zero-order chi connectivity index (χ0) is 9.40. The summed E-state index contributed by atoms with van der Waals surface area (Å²) in [6.07, 6.45) is 7.32. The van der Waals surface area contributed by atoms with Crippen molar-refractivity contribution in [3.05, 3.63) is 0 Å². The van der Waals surface area contributed by atoms with Crippen LogP contribution in [0.25, 0.3) is 0 Å². The van der Waals surface area contributed by atoms with E-state index in [2.05, 4.69) is 24.7 Å². The molecule has 2 heteroatoms. The van der Waals surface area contributed by atoms with E-state index in [4.69, 9.17) is 12.2 Å². The third-order valence-electron chi connectivity index (χ3n) is 2.10. The van der Waals surface area contributed by atoms with Crippen molar-refractivity contribution in [2.24, 2.45) is 5.73 Å². The Morgan fingerprint density at radius 2 is 2.17 bits per heavy atom. The Bertz CT molecular complexity index is 137. The first-order valence-corrected chi connectivity index (χ1v) is 4.65. The summed E-state index contributed by atoms with van der Waals surface area (Å²) in [5.41, 5.74) is 5.79. The molecule has 0 fully saturated rings. The van der Waals surface area contributed by atoms with Gasteiger partial charge in [-0.05, 0) is 19.4 Å². The van der Waals surface area contributed by atoms with Crippen LogP contribution in [0.15, 0.2) is 0 Å². The van der Waals surface area contributed by atoms with E-state index in [1.807, 2.05) is 0 Å². The summed E-state index contributed by atoms with van der Waals surface area (Å²) in [4.78, 5) is 2.23. The SMILES string of the molecule is C#CCN(CC)CCC(N)CC. The lowest BCUT2D eigenvalue weighted by atomic mass is 10.1. The van der Waals surface area contributed by atoms with Crippen molar-refractivity contribution in [1.82, 2.24) is 4.90 Å². The Kier molecular flexibility index (Phi) is 6.84. The van der Waals surface area contributed by atoms with E-state index in [0.717, 1.165) is 32.5 Å². The minimum atomic E-state index is 0.330. The first-order valence-electron chi connectivity index (χ1n) is 4.65. The van der Waals surface area contributed by atoms with E-state index in [0.29, 0.717) is 6.04 Å². The molecule has 2 nitrogen and oxygen atoms in total. The third kappa shape index (κ3) is 5.17. The highest BCUT2D eigenvalue weighted by Gasteiger charge is 2.03. The maximum atomic E-state index is 5.79. The van der Waals surface area contributed by atoms with Gasteiger partial charge in [-0.3, -0.25) is 4.90 Å². The molecule has 0 aromatic carbocycles. The molecule has 0 heterocycles. The van der Waals surface area contributed by atoms with Gasteiger partial charge in [0.15, 0.2) is 0 Å². The smallest absolute Gasteiger partial charge is 0.0598 e. The fourth-order valence-corrected chi connectivity index (χ4v) is 1.03. The number of hydrogen-bond acceptors (Lipinski definition) is 2. The highest BCUT2D eigenvalue weighted by molar-refractivity contribution is 4.87. The van der Waals surface area contributed by atoms with Crippen LogP contribution in [0.4, 0.5) is 0 Å². The summed E-state index contributed by atoms with van der Waals surface area (Å²) in [5, 5.41) is 0. The normalized spacial score (nSPS) is 12.9. The highest BCUT2D eigenvalue weighted by atomic mass is 15.1. The van der Waals surface area contributed by atoms with Crippen LogP contribution in [0.3, 0.4) is 0 Å². The standard InChI is InChI=1S/C10H20N2/c1-4-8-12(6-3)9-7-10(11)5-2/h1,10H,5-9,11H2,2-3H3. The van der Waals surface area contributed by atoms with Crippen molar-refractivity contribution < 1.29 is 0 Å². The van der Waals surface area contributed by atoms with E-state index in [-0.39, 0.29) is 0 Å². The molecule has 12 heavy (non-hydrogen) atoms. The van der Waals surface area contributed by atoms with Gasteiger partial charge in [0.2, 0.25) is 0 Å². The molecule has 0 rings (SSSR count). The van der Waals surface area contributed by atoms with Crippen LogP contribution in [0, 0.1) is 12.3 Å². The van der Waals surface area contributed by atoms with Crippen LogP contribution in [0.5, 0.6) is 0 Å². The molecule has 1 unspecified atom stereocenters. The van der Waals surface area contributed by atoms with Crippen molar-refractivity contribution >= 4 is 0 Å².